The maximum atomic E-state index is 11.3. The van der Waals surface area contributed by atoms with Crippen molar-refractivity contribution < 1.29 is 8.42 Å². The summed E-state index contributed by atoms with van der Waals surface area (Å²) in [6, 6.07) is 3.26. The molecule has 2 rings (SSSR count). The van der Waals surface area contributed by atoms with E-state index in [-0.39, 0.29) is 0 Å². The first kappa shape index (κ1) is 14.0. The van der Waals surface area contributed by atoms with Gasteiger partial charge in [-0.15, -0.1) is 0 Å². The molecule has 8 heteroatoms. The summed E-state index contributed by atoms with van der Waals surface area (Å²) in [5, 5.41) is 6.58. The lowest BCUT2D eigenvalue weighted by molar-refractivity contribution is 0.607. The van der Waals surface area contributed by atoms with Crippen molar-refractivity contribution >= 4 is 39.0 Å². The summed E-state index contributed by atoms with van der Waals surface area (Å²) in [4.78, 5) is 4.38. The summed E-state index contributed by atoms with van der Waals surface area (Å²) in [5.74, 6) is 0.663. The van der Waals surface area contributed by atoms with Gasteiger partial charge < -0.3 is 10.6 Å². The lowest BCUT2D eigenvalue weighted by Gasteiger charge is -2.11. The van der Waals surface area contributed by atoms with Crippen molar-refractivity contribution in [2.45, 2.75) is 6.92 Å². The summed E-state index contributed by atoms with van der Waals surface area (Å²) in [6.07, 6.45) is 1.10. The highest BCUT2D eigenvalue weighted by Gasteiger charge is 2.12. The van der Waals surface area contributed by atoms with Gasteiger partial charge in [0.2, 0.25) is 10.0 Å². The van der Waals surface area contributed by atoms with Crippen LogP contribution < -0.4 is 15.4 Å². The third-order valence-electron chi connectivity index (χ3n) is 2.58. The topological polar surface area (TPSA) is 82.6 Å². The van der Waals surface area contributed by atoms with E-state index in [0.717, 1.165) is 24.9 Å². The Labute approximate surface area is 117 Å². The summed E-state index contributed by atoms with van der Waals surface area (Å²) < 4.78 is 25.0. The zero-order valence-electron chi connectivity index (χ0n) is 10.6. The standard InChI is InChI=1S/C11H15ClN4O2S/c1-7-9(15-11-13-3-4-14-11)5-8(12)6-10(7)16-19(2,17)18/h5-6,16H,3-4H2,1-2H3,(H2,13,14,15). The molecule has 0 aromatic heterocycles. The molecule has 0 amide bonds. The van der Waals surface area contributed by atoms with Crippen LogP contribution in [-0.4, -0.2) is 33.7 Å². The van der Waals surface area contributed by atoms with E-state index in [2.05, 4.69) is 20.3 Å². The predicted molar refractivity (Wildman–Crippen MR) is 77.8 cm³/mol. The summed E-state index contributed by atoms with van der Waals surface area (Å²) in [5.41, 5.74) is 1.78. The number of nitrogens with one attached hydrogen (secondary N) is 3. The van der Waals surface area contributed by atoms with E-state index in [4.69, 9.17) is 11.6 Å². The molecule has 3 N–H and O–H groups in total. The number of benzene rings is 1. The van der Waals surface area contributed by atoms with Crippen LogP contribution in [0.15, 0.2) is 17.1 Å². The van der Waals surface area contributed by atoms with E-state index >= 15 is 0 Å². The van der Waals surface area contributed by atoms with Gasteiger partial charge in [0.15, 0.2) is 5.96 Å². The second-order valence-corrected chi connectivity index (χ2v) is 6.47. The average molecular weight is 303 g/mol. The fourth-order valence-corrected chi connectivity index (χ4v) is 2.53. The third kappa shape index (κ3) is 3.74. The van der Waals surface area contributed by atoms with Crippen LogP contribution in [0.4, 0.5) is 11.4 Å². The van der Waals surface area contributed by atoms with Crippen molar-refractivity contribution in [3.05, 3.63) is 22.7 Å². The Hall–Kier alpha value is -1.47. The quantitative estimate of drug-likeness (QED) is 0.783. The van der Waals surface area contributed by atoms with Gasteiger partial charge in [-0.1, -0.05) is 11.6 Å². The first-order chi connectivity index (χ1) is 8.85. The van der Waals surface area contributed by atoms with E-state index < -0.39 is 10.0 Å². The SMILES string of the molecule is Cc1c(N=C2NCCN2)cc(Cl)cc1NS(C)(=O)=O. The van der Waals surface area contributed by atoms with Gasteiger partial charge >= 0.3 is 0 Å². The molecule has 0 spiro atoms. The first-order valence-corrected chi connectivity index (χ1v) is 7.96. The van der Waals surface area contributed by atoms with Crippen LogP contribution in [0.3, 0.4) is 0 Å². The van der Waals surface area contributed by atoms with Crippen molar-refractivity contribution in [3.63, 3.8) is 0 Å². The molecule has 1 aliphatic heterocycles. The minimum absolute atomic E-state index is 0.425. The number of rotatable bonds is 3. The molecule has 1 aromatic carbocycles. The van der Waals surface area contributed by atoms with Gasteiger partial charge in [-0.2, -0.15) is 0 Å². The van der Waals surface area contributed by atoms with Gasteiger partial charge in [0, 0.05) is 18.1 Å². The van der Waals surface area contributed by atoms with Crippen molar-refractivity contribution in [1.29, 1.82) is 0 Å². The smallest absolute Gasteiger partial charge is 0.229 e. The Morgan fingerprint density at radius 2 is 1.95 bits per heavy atom. The number of nitrogens with zero attached hydrogens (tertiary/aromatic N) is 1. The van der Waals surface area contributed by atoms with E-state index in [1.54, 1.807) is 19.1 Å². The molecule has 0 atom stereocenters. The van der Waals surface area contributed by atoms with Crippen molar-refractivity contribution in [2.75, 3.05) is 24.1 Å². The van der Waals surface area contributed by atoms with Gasteiger partial charge in [-0.3, -0.25) is 4.72 Å². The van der Waals surface area contributed by atoms with Crippen LogP contribution in [-0.2, 0) is 10.0 Å². The molecule has 0 radical (unpaired) electrons. The Bertz CT molecular complexity index is 620. The fourth-order valence-electron chi connectivity index (χ4n) is 1.71. The van der Waals surface area contributed by atoms with Crippen LogP contribution in [0, 0.1) is 6.92 Å². The Kier molecular flexibility index (Phi) is 3.86. The normalized spacial score (nSPS) is 14.8. The summed E-state index contributed by atoms with van der Waals surface area (Å²) in [6.45, 7) is 3.41. The van der Waals surface area contributed by atoms with Gasteiger partial charge in [-0.05, 0) is 24.6 Å². The van der Waals surface area contributed by atoms with E-state index in [0.29, 0.717) is 22.4 Å². The second-order valence-electron chi connectivity index (χ2n) is 4.29. The number of sulfonamides is 1. The molecule has 0 aliphatic carbocycles. The highest BCUT2D eigenvalue weighted by Crippen LogP contribution is 2.31. The lowest BCUT2D eigenvalue weighted by atomic mass is 10.1. The molecule has 1 fully saturated rings. The van der Waals surface area contributed by atoms with Crippen LogP contribution in [0.2, 0.25) is 5.02 Å². The minimum atomic E-state index is -3.35. The van der Waals surface area contributed by atoms with E-state index in [9.17, 15) is 8.42 Å². The fraction of sp³-hybridized carbons (Fsp3) is 0.364. The summed E-state index contributed by atoms with van der Waals surface area (Å²) >= 11 is 5.99. The number of anilines is 1. The minimum Gasteiger partial charge on any atom is -0.354 e. The van der Waals surface area contributed by atoms with Gasteiger partial charge in [0.25, 0.3) is 0 Å². The molecule has 1 aromatic rings. The summed E-state index contributed by atoms with van der Waals surface area (Å²) in [7, 11) is -3.35. The largest absolute Gasteiger partial charge is 0.354 e. The average Bonchev–Trinajstić information content (AvgIpc) is 2.75. The monoisotopic (exact) mass is 302 g/mol. The maximum absolute atomic E-state index is 11.3. The highest BCUT2D eigenvalue weighted by molar-refractivity contribution is 7.92. The van der Waals surface area contributed by atoms with Crippen molar-refractivity contribution in [1.82, 2.24) is 10.6 Å². The lowest BCUT2D eigenvalue weighted by Crippen LogP contribution is -2.23. The molecule has 19 heavy (non-hydrogen) atoms. The van der Waals surface area contributed by atoms with Gasteiger partial charge in [0.1, 0.15) is 0 Å². The van der Waals surface area contributed by atoms with E-state index in [1.165, 1.54) is 0 Å². The molecule has 1 saturated heterocycles. The van der Waals surface area contributed by atoms with Gasteiger partial charge in [0.05, 0.1) is 17.6 Å². The van der Waals surface area contributed by atoms with Gasteiger partial charge in [-0.25, -0.2) is 13.4 Å². The molecule has 1 aliphatic rings. The first-order valence-electron chi connectivity index (χ1n) is 5.69. The van der Waals surface area contributed by atoms with Crippen molar-refractivity contribution in [3.8, 4) is 0 Å². The molecule has 0 saturated carbocycles. The Balaban J connectivity index is 2.42. The Morgan fingerprint density at radius 1 is 1.32 bits per heavy atom. The van der Waals surface area contributed by atoms with Crippen LogP contribution >= 0.6 is 11.6 Å². The molecule has 0 bridgehead atoms. The predicted octanol–water partition coefficient (Wildman–Crippen LogP) is 1.20. The number of hydrogen-bond donors (Lipinski definition) is 3. The number of aliphatic imine (C=N–C) groups is 1. The van der Waals surface area contributed by atoms with Crippen LogP contribution in [0.1, 0.15) is 5.56 Å². The van der Waals surface area contributed by atoms with Crippen molar-refractivity contribution in [2.24, 2.45) is 4.99 Å². The zero-order chi connectivity index (χ0) is 14.0. The maximum Gasteiger partial charge on any atom is 0.229 e. The molecule has 104 valence electrons. The number of guanidine groups is 1. The molecular weight excluding hydrogens is 288 g/mol. The molecule has 1 heterocycles. The Morgan fingerprint density at radius 3 is 2.53 bits per heavy atom. The third-order valence-corrected chi connectivity index (χ3v) is 3.39. The molecule has 6 nitrogen and oxygen atoms in total. The highest BCUT2D eigenvalue weighted by atomic mass is 35.5. The number of hydrogen-bond acceptors (Lipinski definition) is 3. The zero-order valence-corrected chi connectivity index (χ0v) is 12.2. The molecule has 0 unspecified atom stereocenters. The number of halogens is 1. The molecular formula is C11H15ClN4O2S. The van der Waals surface area contributed by atoms with Crippen LogP contribution in [0.25, 0.3) is 0 Å². The van der Waals surface area contributed by atoms with E-state index in [1.807, 2.05) is 0 Å². The van der Waals surface area contributed by atoms with Crippen LogP contribution in [0.5, 0.6) is 0 Å². The second kappa shape index (κ2) is 5.26.